The fraction of sp³-hybridized carbons (Fsp3) is 0.600. The largest absolute Gasteiger partial charge is 0.465 e. The first-order chi connectivity index (χ1) is 12.6. The molecule has 0 saturated heterocycles. The van der Waals surface area contributed by atoms with Crippen molar-refractivity contribution in [2.24, 2.45) is 0 Å². The first-order valence-corrected chi connectivity index (χ1v) is 11.3. The molecule has 1 aromatic carbocycles. The number of unbranched alkanes of at least 4 members (excludes halogenated alkanes) is 1. The molecule has 0 aliphatic carbocycles. The van der Waals surface area contributed by atoms with Gasteiger partial charge in [-0.15, -0.1) is 23.5 Å². The lowest BCUT2D eigenvalue weighted by atomic mass is 10.1. The van der Waals surface area contributed by atoms with Crippen LogP contribution in [0.4, 0.5) is 0 Å². The van der Waals surface area contributed by atoms with Gasteiger partial charge in [0.25, 0.3) is 0 Å². The number of rotatable bonds is 13. The van der Waals surface area contributed by atoms with Crippen LogP contribution in [0.5, 0.6) is 0 Å². The van der Waals surface area contributed by atoms with Crippen molar-refractivity contribution in [3.8, 4) is 0 Å². The highest BCUT2D eigenvalue weighted by atomic mass is 32.2. The van der Waals surface area contributed by atoms with Gasteiger partial charge in [-0.25, -0.2) is 0 Å². The molecule has 0 aliphatic heterocycles. The number of thioether (sulfide) groups is 2. The first-order valence-electron chi connectivity index (χ1n) is 9.20. The lowest BCUT2D eigenvalue weighted by Gasteiger charge is -2.18. The summed E-state index contributed by atoms with van der Waals surface area (Å²) >= 11 is 2.98. The Morgan fingerprint density at radius 3 is 2.27 bits per heavy atom. The van der Waals surface area contributed by atoms with E-state index in [1.54, 1.807) is 0 Å². The molecular formula is C20H30O4S2. The molecule has 1 rings (SSSR count). The summed E-state index contributed by atoms with van der Waals surface area (Å²) in [6, 6.07) is 9.85. The van der Waals surface area contributed by atoms with E-state index in [4.69, 9.17) is 9.47 Å². The summed E-state index contributed by atoms with van der Waals surface area (Å²) in [6.07, 6.45) is 3.48. The molecule has 2 unspecified atom stereocenters. The number of carbonyl (C=O) groups is 2. The van der Waals surface area contributed by atoms with Crippen LogP contribution in [-0.4, -0.2) is 34.6 Å². The van der Waals surface area contributed by atoms with Crippen molar-refractivity contribution in [3.05, 3.63) is 35.9 Å². The van der Waals surface area contributed by atoms with Gasteiger partial charge in [-0.1, -0.05) is 57.0 Å². The SMILES string of the molecule is CCCCOC(=O)CSC(C)SCC(=O)OC(CCC)c1ccccc1. The van der Waals surface area contributed by atoms with Gasteiger partial charge < -0.3 is 9.47 Å². The standard InChI is InChI=1S/C20H30O4S2/c1-4-6-13-23-19(21)14-25-16(3)26-15-20(22)24-18(10-5-2)17-11-8-7-9-12-17/h7-9,11-12,16,18H,4-6,10,13-15H2,1-3H3. The Balaban J connectivity index is 2.30. The van der Waals surface area contributed by atoms with Crippen LogP contribution in [-0.2, 0) is 19.1 Å². The minimum absolute atomic E-state index is 0.127. The van der Waals surface area contributed by atoms with Gasteiger partial charge in [0, 0.05) is 4.58 Å². The van der Waals surface area contributed by atoms with Crippen molar-refractivity contribution in [3.63, 3.8) is 0 Å². The summed E-state index contributed by atoms with van der Waals surface area (Å²) in [4.78, 5) is 23.8. The summed E-state index contributed by atoms with van der Waals surface area (Å²) in [5.74, 6) is 0.197. The summed E-state index contributed by atoms with van der Waals surface area (Å²) < 4.78 is 10.9. The number of carbonyl (C=O) groups excluding carboxylic acids is 2. The maximum Gasteiger partial charge on any atom is 0.316 e. The van der Waals surface area contributed by atoms with Crippen molar-refractivity contribution in [2.75, 3.05) is 18.1 Å². The van der Waals surface area contributed by atoms with Gasteiger partial charge in [-0.2, -0.15) is 0 Å². The highest BCUT2D eigenvalue weighted by Crippen LogP contribution is 2.26. The van der Waals surface area contributed by atoms with Crippen LogP contribution in [0.3, 0.4) is 0 Å². The molecule has 0 N–H and O–H groups in total. The molecule has 0 bridgehead atoms. The zero-order chi connectivity index (χ0) is 19.2. The predicted molar refractivity (Wildman–Crippen MR) is 110 cm³/mol. The van der Waals surface area contributed by atoms with Crippen LogP contribution in [0.15, 0.2) is 30.3 Å². The van der Waals surface area contributed by atoms with Crippen molar-refractivity contribution >= 4 is 35.5 Å². The second-order valence-electron chi connectivity index (χ2n) is 5.94. The smallest absolute Gasteiger partial charge is 0.316 e. The molecule has 6 heteroatoms. The molecule has 0 aromatic heterocycles. The Bertz CT molecular complexity index is 522. The zero-order valence-electron chi connectivity index (χ0n) is 15.9. The second-order valence-corrected chi connectivity index (χ2v) is 8.90. The Morgan fingerprint density at radius 2 is 1.65 bits per heavy atom. The van der Waals surface area contributed by atoms with Crippen LogP contribution < -0.4 is 0 Å². The Morgan fingerprint density at radius 1 is 1.00 bits per heavy atom. The second kappa shape index (κ2) is 14.0. The molecule has 0 radical (unpaired) electrons. The Labute approximate surface area is 165 Å². The normalized spacial score (nSPS) is 13.0. The van der Waals surface area contributed by atoms with Crippen molar-refractivity contribution < 1.29 is 19.1 Å². The Hall–Kier alpha value is -1.14. The molecule has 0 saturated carbocycles. The van der Waals surface area contributed by atoms with Crippen LogP contribution in [0.25, 0.3) is 0 Å². The van der Waals surface area contributed by atoms with E-state index in [2.05, 4.69) is 13.8 Å². The third-order valence-corrected chi connectivity index (χ3v) is 6.19. The quantitative estimate of drug-likeness (QED) is 0.258. The monoisotopic (exact) mass is 398 g/mol. The molecule has 0 spiro atoms. The minimum atomic E-state index is -0.213. The van der Waals surface area contributed by atoms with E-state index < -0.39 is 0 Å². The Kier molecular flexibility index (Phi) is 12.3. The molecule has 0 amide bonds. The van der Waals surface area contributed by atoms with Crippen molar-refractivity contribution in [1.29, 1.82) is 0 Å². The number of esters is 2. The summed E-state index contributed by atoms with van der Waals surface area (Å²) in [7, 11) is 0. The van der Waals surface area contributed by atoms with E-state index >= 15 is 0 Å². The molecule has 2 atom stereocenters. The molecule has 4 nitrogen and oxygen atoms in total. The van der Waals surface area contributed by atoms with Gasteiger partial charge in [0.05, 0.1) is 18.1 Å². The van der Waals surface area contributed by atoms with Crippen LogP contribution in [0.2, 0.25) is 0 Å². The number of hydrogen-bond acceptors (Lipinski definition) is 6. The first kappa shape index (κ1) is 22.9. The van der Waals surface area contributed by atoms with Crippen molar-refractivity contribution in [1.82, 2.24) is 0 Å². The average molecular weight is 399 g/mol. The number of benzene rings is 1. The van der Waals surface area contributed by atoms with E-state index in [-0.39, 0.29) is 28.4 Å². The van der Waals surface area contributed by atoms with E-state index in [1.165, 1.54) is 23.5 Å². The van der Waals surface area contributed by atoms with E-state index in [9.17, 15) is 9.59 Å². The lowest BCUT2D eigenvalue weighted by Crippen LogP contribution is -2.15. The van der Waals surface area contributed by atoms with Gasteiger partial charge in [0.1, 0.15) is 6.10 Å². The van der Waals surface area contributed by atoms with Crippen LogP contribution in [0, 0.1) is 0 Å². The van der Waals surface area contributed by atoms with Gasteiger partial charge in [0.15, 0.2) is 0 Å². The third kappa shape index (κ3) is 10.1. The summed E-state index contributed by atoms with van der Waals surface area (Å²) in [5, 5.41) is 0. The number of hydrogen-bond donors (Lipinski definition) is 0. The third-order valence-electron chi connectivity index (χ3n) is 3.63. The lowest BCUT2D eigenvalue weighted by molar-refractivity contribution is -0.146. The van der Waals surface area contributed by atoms with Gasteiger partial charge in [-0.05, 0) is 25.3 Å². The van der Waals surface area contributed by atoms with E-state index in [1.807, 2.05) is 37.3 Å². The van der Waals surface area contributed by atoms with Crippen LogP contribution >= 0.6 is 23.5 Å². The van der Waals surface area contributed by atoms with Crippen LogP contribution in [0.1, 0.15) is 58.1 Å². The molecule has 1 aromatic rings. The molecule has 146 valence electrons. The molecule has 26 heavy (non-hydrogen) atoms. The fourth-order valence-corrected chi connectivity index (χ4v) is 3.89. The molecular weight excluding hydrogens is 368 g/mol. The minimum Gasteiger partial charge on any atom is -0.465 e. The fourth-order valence-electron chi connectivity index (χ4n) is 2.21. The molecule has 0 aliphatic rings. The molecule has 0 heterocycles. The topological polar surface area (TPSA) is 52.6 Å². The number of ether oxygens (including phenoxy) is 2. The highest BCUT2D eigenvalue weighted by molar-refractivity contribution is 8.17. The van der Waals surface area contributed by atoms with Gasteiger partial charge in [-0.3, -0.25) is 9.59 Å². The maximum absolute atomic E-state index is 12.2. The maximum atomic E-state index is 12.2. The zero-order valence-corrected chi connectivity index (χ0v) is 17.6. The average Bonchev–Trinajstić information content (AvgIpc) is 2.65. The highest BCUT2D eigenvalue weighted by Gasteiger charge is 2.17. The summed E-state index contributed by atoms with van der Waals surface area (Å²) in [6.45, 7) is 6.62. The summed E-state index contributed by atoms with van der Waals surface area (Å²) in [5.41, 5.74) is 1.03. The van der Waals surface area contributed by atoms with Gasteiger partial charge >= 0.3 is 11.9 Å². The van der Waals surface area contributed by atoms with Gasteiger partial charge in [0.2, 0.25) is 0 Å². The van der Waals surface area contributed by atoms with Crippen molar-refractivity contribution in [2.45, 2.75) is 57.1 Å². The van der Waals surface area contributed by atoms with E-state index in [0.717, 1.165) is 31.2 Å². The molecule has 0 fully saturated rings. The van der Waals surface area contributed by atoms with E-state index in [0.29, 0.717) is 12.4 Å². The predicted octanol–water partition coefficient (Wildman–Crippen LogP) is 5.23.